The molecule has 12 nitrogen and oxygen atoms in total. The Balaban J connectivity index is 4.99. The lowest BCUT2D eigenvalue weighted by Crippen LogP contribution is -2.25. The van der Waals surface area contributed by atoms with E-state index in [1.54, 1.807) is 0 Å². The molecule has 0 unspecified atom stereocenters. The summed E-state index contributed by atoms with van der Waals surface area (Å²) in [6.45, 7) is 1.11. The van der Waals surface area contributed by atoms with Gasteiger partial charge in [0.2, 0.25) is 0 Å². The first-order valence-electron chi connectivity index (χ1n) is 6.28. The van der Waals surface area contributed by atoms with Gasteiger partial charge in [-0.2, -0.15) is 0 Å². The van der Waals surface area contributed by atoms with Gasteiger partial charge in [0.1, 0.15) is 0 Å². The van der Waals surface area contributed by atoms with Gasteiger partial charge in [0.25, 0.3) is 0 Å². The van der Waals surface area contributed by atoms with Crippen molar-refractivity contribution in [2.75, 3.05) is 26.2 Å². The molecule has 0 aromatic heterocycles. The van der Waals surface area contributed by atoms with Crippen LogP contribution >= 0.6 is 0 Å². The van der Waals surface area contributed by atoms with Gasteiger partial charge in [0.15, 0.2) is 0 Å². The lowest BCUT2D eigenvalue weighted by molar-refractivity contribution is 0.215. The van der Waals surface area contributed by atoms with Crippen LogP contribution in [0.5, 0.6) is 0 Å². The van der Waals surface area contributed by atoms with E-state index in [1.165, 1.54) is 0 Å². The molecule has 0 saturated heterocycles. The number of rotatable bonds is 12. The molecule has 0 spiro atoms. The van der Waals surface area contributed by atoms with E-state index < -0.39 is 0 Å². The molecule has 0 radical (unpaired) electrons. The highest BCUT2D eigenvalue weighted by atomic mass is 15.1. The number of hydrogen-bond donors (Lipinski definition) is 0. The van der Waals surface area contributed by atoms with Crippen molar-refractivity contribution < 1.29 is 0 Å². The van der Waals surface area contributed by atoms with Gasteiger partial charge >= 0.3 is 0 Å². The van der Waals surface area contributed by atoms with Gasteiger partial charge in [-0.25, -0.2) is 0 Å². The Morgan fingerprint density at radius 2 is 0.762 bits per heavy atom. The van der Waals surface area contributed by atoms with E-state index in [0.29, 0.717) is 25.7 Å². The quantitative estimate of drug-likeness (QED) is 0.271. The molecule has 0 aromatic rings. The van der Waals surface area contributed by atoms with Crippen molar-refractivity contribution in [3.05, 3.63) is 41.8 Å². The standard InChI is InChI=1S/C9H16N12/c10-18-14-5-1-9(2-6-15-19-11,3-7-16-20-12)4-8-17-21-13/h1-8H2. The molecule has 0 saturated carbocycles. The van der Waals surface area contributed by atoms with Crippen molar-refractivity contribution in [3.63, 3.8) is 0 Å². The number of hydrogen-bond acceptors (Lipinski definition) is 4. The van der Waals surface area contributed by atoms with E-state index in [4.69, 9.17) is 22.1 Å². The highest BCUT2D eigenvalue weighted by molar-refractivity contribution is 4.83. The van der Waals surface area contributed by atoms with Crippen LogP contribution in [0.3, 0.4) is 0 Å². The van der Waals surface area contributed by atoms with Gasteiger partial charge in [-0.3, -0.25) is 0 Å². The molecule has 0 aromatic carbocycles. The maximum absolute atomic E-state index is 8.36. The Bertz CT molecular complexity index is 393. The summed E-state index contributed by atoms with van der Waals surface area (Å²) in [5.41, 5.74) is 33.1. The molecular weight excluding hydrogens is 276 g/mol. The molecule has 112 valence electrons. The largest absolute Gasteiger partial charge is 0.0940 e. The fraction of sp³-hybridized carbons (Fsp3) is 1.00. The highest BCUT2D eigenvalue weighted by Gasteiger charge is 2.27. The van der Waals surface area contributed by atoms with Crippen molar-refractivity contribution in [2.24, 2.45) is 25.9 Å². The first kappa shape index (κ1) is 18.2. The van der Waals surface area contributed by atoms with Crippen molar-refractivity contribution in [1.29, 1.82) is 0 Å². The smallest absolute Gasteiger partial charge is 0.0263 e. The van der Waals surface area contributed by atoms with E-state index in [1.807, 2.05) is 0 Å². The third-order valence-corrected chi connectivity index (χ3v) is 3.22. The summed E-state index contributed by atoms with van der Waals surface area (Å²) in [5, 5.41) is 14.0. The Labute approximate surface area is 120 Å². The molecule has 0 fully saturated rings. The molecule has 0 bridgehead atoms. The van der Waals surface area contributed by atoms with E-state index in [0.717, 1.165) is 0 Å². The van der Waals surface area contributed by atoms with Gasteiger partial charge in [-0.05, 0) is 53.2 Å². The molecule has 0 rings (SSSR count). The molecule has 0 atom stereocenters. The lowest BCUT2D eigenvalue weighted by atomic mass is 9.75. The second kappa shape index (κ2) is 12.3. The maximum Gasteiger partial charge on any atom is 0.0263 e. The van der Waals surface area contributed by atoms with Gasteiger partial charge in [0.05, 0.1) is 0 Å². The average molecular weight is 292 g/mol. The second-order valence-corrected chi connectivity index (χ2v) is 4.32. The second-order valence-electron chi connectivity index (χ2n) is 4.32. The lowest BCUT2D eigenvalue weighted by Gasteiger charge is -2.32. The van der Waals surface area contributed by atoms with E-state index >= 15 is 0 Å². The summed E-state index contributed by atoms with van der Waals surface area (Å²) in [5.74, 6) is 0. The Morgan fingerprint density at radius 3 is 0.952 bits per heavy atom. The molecular formula is C9H16N12. The zero-order valence-electron chi connectivity index (χ0n) is 11.5. The number of azide groups is 4. The van der Waals surface area contributed by atoms with Gasteiger partial charge in [0, 0.05) is 45.8 Å². The summed E-state index contributed by atoms with van der Waals surface area (Å²) in [4.78, 5) is 10.8. The van der Waals surface area contributed by atoms with Crippen molar-refractivity contribution in [2.45, 2.75) is 25.7 Å². The van der Waals surface area contributed by atoms with Crippen LogP contribution in [-0.4, -0.2) is 26.2 Å². The summed E-state index contributed by atoms with van der Waals surface area (Å²) >= 11 is 0. The maximum atomic E-state index is 8.36. The third kappa shape index (κ3) is 8.88. The predicted octanol–water partition coefficient (Wildman–Crippen LogP) is 4.77. The molecule has 21 heavy (non-hydrogen) atoms. The number of nitrogens with zero attached hydrogens (tertiary/aromatic N) is 12. The van der Waals surface area contributed by atoms with Crippen LogP contribution in [0.4, 0.5) is 0 Å². The van der Waals surface area contributed by atoms with Crippen LogP contribution in [0.2, 0.25) is 0 Å². The first-order valence-corrected chi connectivity index (χ1v) is 6.28. The van der Waals surface area contributed by atoms with Crippen molar-refractivity contribution in [1.82, 2.24) is 0 Å². The van der Waals surface area contributed by atoms with Gasteiger partial charge in [-0.15, -0.1) is 0 Å². The third-order valence-electron chi connectivity index (χ3n) is 3.22. The average Bonchev–Trinajstić information content (AvgIpc) is 2.48. The van der Waals surface area contributed by atoms with Crippen molar-refractivity contribution in [3.8, 4) is 0 Å². The first-order chi connectivity index (χ1) is 10.2. The zero-order chi connectivity index (χ0) is 15.8. The fourth-order valence-corrected chi connectivity index (χ4v) is 2.08. The van der Waals surface area contributed by atoms with Crippen LogP contribution < -0.4 is 0 Å². The summed E-state index contributed by atoms with van der Waals surface area (Å²) < 4.78 is 0. The minimum atomic E-state index is -0.356. The molecule has 0 aliphatic carbocycles. The zero-order valence-corrected chi connectivity index (χ0v) is 11.5. The highest BCUT2D eigenvalue weighted by Crippen LogP contribution is 2.35. The van der Waals surface area contributed by atoms with Crippen LogP contribution in [0.25, 0.3) is 41.8 Å². The van der Waals surface area contributed by atoms with Gasteiger partial charge in [-0.1, -0.05) is 20.5 Å². The molecule has 0 heterocycles. The summed E-state index contributed by atoms with van der Waals surface area (Å²) in [7, 11) is 0. The van der Waals surface area contributed by atoms with E-state index in [9.17, 15) is 0 Å². The van der Waals surface area contributed by atoms with Crippen molar-refractivity contribution >= 4 is 0 Å². The fourth-order valence-electron chi connectivity index (χ4n) is 2.08. The topological polar surface area (TPSA) is 195 Å². The Hall–Kier alpha value is -2.76. The van der Waals surface area contributed by atoms with E-state index in [2.05, 4.69) is 40.1 Å². The summed E-state index contributed by atoms with van der Waals surface area (Å²) in [6.07, 6.45) is 2.17. The Morgan fingerprint density at radius 1 is 0.524 bits per heavy atom. The van der Waals surface area contributed by atoms with Crippen LogP contribution in [-0.2, 0) is 0 Å². The predicted molar refractivity (Wildman–Crippen MR) is 77.0 cm³/mol. The SMILES string of the molecule is [N-]=[N+]=NCCC(CCN=[N+]=[N-])(CCN=[N+]=[N-])CCN=[N+]=[N-]. The monoisotopic (exact) mass is 292 g/mol. The molecule has 0 N–H and O–H groups in total. The van der Waals surface area contributed by atoms with Gasteiger partial charge < -0.3 is 0 Å². The molecule has 0 aliphatic heterocycles. The Kier molecular flexibility index (Phi) is 10.7. The van der Waals surface area contributed by atoms with Crippen LogP contribution in [0.15, 0.2) is 20.5 Å². The minimum absolute atomic E-state index is 0.277. The molecule has 12 heteroatoms. The van der Waals surface area contributed by atoms with E-state index in [-0.39, 0.29) is 31.6 Å². The molecule has 0 amide bonds. The van der Waals surface area contributed by atoms with Crippen LogP contribution in [0.1, 0.15) is 25.7 Å². The van der Waals surface area contributed by atoms with Crippen LogP contribution in [0, 0.1) is 5.41 Å². The summed E-state index contributed by atoms with van der Waals surface area (Å²) in [6, 6.07) is 0. The normalized spacial score (nSPS) is 11.8. The molecule has 0 aliphatic rings. The minimum Gasteiger partial charge on any atom is -0.0940 e.